The fourth-order valence-electron chi connectivity index (χ4n) is 5.21. The van der Waals surface area contributed by atoms with E-state index in [-0.39, 0.29) is 30.8 Å². The number of hydrogen-bond donors (Lipinski definition) is 0. The highest BCUT2D eigenvalue weighted by Gasteiger charge is 2.33. The third-order valence-electron chi connectivity index (χ3n) is 7.61. The van der Waals surface area contributed by atoms with Crippen molar-refractivity contribution < 1.29 is 23.8 Å². The van der Waals surface area contributed by atoms with Gasteiger partial charge < -0.3 is 24.0 Å². The molecular formula is C32H36N2O5. The first-order valence-corrected chi connectivity index (χ1v) is 13.8. The van der Waals surface area contributed by atoms with Gasteiger partial charge in [0.15, 0.2) is 0 Å². The number of carbonyl (C=O) groups excluding carboxylic acids is 2. The molecule has 5 rings (SSSR count). The van der Waals surface area contributed by atoms with Gasteiger partial charge in [0.05, 0.1) is 6.61 Å². The molecule has 1 unspecified atom stereocenters. The zero-order valence-electron chi connectivity index (χ0n) is 22.7. The summed E-state index contributed by atoms with van der Waals surface area (Å²) in [5.41, 5.74) is 4.79. The Morgan fingerprint density at radius 1 is 0.923 bits per heavy atom. The topological polar surface area (TPSA) is 68.3 Å². The first-order valence-electron chi connectivity index (χ1n) is 13.8. The molecule has 2 heterocycles. The summed E-state index contributed by atoms with van der Waals surface area (Å²) in [4.78, 5) is 28.7. The number of likely N-dealkylation sites (tertiary alicyclic amines) is 1. The predicted molar refractivity (Wildman–Crippen MR) is 149 cm³/mol. The van der Waals surface area contributed by atoms with Crippen LogP contribution in [0.15, 0.2) is 72.8 Å². The van der Waals surface area contributed by atoms with Crippen LogP contribution in [0.25, 0.3) is 11.1 Å². The molecule has 2 aliphatic rings. The second-order valence-electron chi connectivity index (χ2n) is 10.0. The largest absolute Gasteiger partial charge is 0.464 e. The molecule has 2 amide bonds. The SMILES string of the molecule is CCN(CC)C(=O)c1ccc(-c2ccc3c(c2)COC(C2CCN(C(=O)OCc4ccccc4)CC2)O3)cc1. The zero-order chi connectivity index (χ0) is 27.2. The molecule has 1 fully saturated rings. The molecule has 7 nitrogen and oxygen atoms in total. The van der Waals surface area contributed by atoms with Crippen LogP contribution in [0.5, 0.6) is 5.75 Å². The lowest BCUT2D eigenvalue weighted by molar-refractivity contribution is -0.148. The van der Waals surface area contributed by atoms with Crippen LogP contribution in [0, 0.1) is 5.92 Å². The summed E-state index contributed by atoms with van der Waals surface area (Å²) in [7, 11) is 0. The van der Waals surface area contributed by atoms with E-state index in [9.17, 15) is 9.59 Å². The van der Waals surface area contributed by atoms with E-state index in [4.69, 9.17) is 14.2 Å². The van der Waals surface area contributed by atoms with Crippen LogP contribution in [-0.4, -0.2) is 54.3 Å². The van der Waals surface area contributed by atoms with E-state index >= 15 is 0 Å². The standard InChI is InChI=1S/C32H36N2O5/c1-3-33(4-2)30(35)25-12-10-24(11-13-25)27-14-15-29-28(20-27)22-37-31(39-29)26-16-18-34(19-17-26)32(36)38-21-23-8-6-5-7-9-23/h5-15,20,26,31H,3-4,16-19,21-22H2,1-2H3. The van der Waals surface area contributed by atoms with Gasteiger partial charge in [-0.2, -0.15) is 0 Å². The number of rotatable bonds is 7. The number of benzene rings is 3. The molecule has 0 aromatic heterocycles. The molecule has 0 aliphatic carbocycles. The second kappa shape index (κ2) is 12.3. The van der Waals surface area contributed by atoms with Crippen LogP contribution < -0.4 is 4.74 Å². The molecule has 0 spiro atoms. The Balaban J connectivity index is 1.14. The number of fused-ring (bicyclic) bond motifs is 1. The van der Waals surface area contributed by atoms with Gasteiger partial charge in [-0.3, -0.25) is 4.79 Å². The van der Waals surface area contributed by atoms with Crippen molar-refractivity contribution in [2.24, 2.45) is 5.92 Å². The highest BCUT2D eigenvalue weighted by molar-refractivity contribution is 5.94. The highest BCUT2D eigenvalue weighted by atomic mass is 16.7. The van der Waals surface area contributed by atoms with Crippen molar-refractivity contribution in [3.05, 3.63) is 89.5 Å². The van der Waals surface area contributed by atoms with Crippen molar-refractivity contribution in [1.82, 2.24) is 9.80 Å². The van der Waals surface area contributed by atoms with Gasteiger partial charge in [0.2, 0.25) is 6.29 Å². The lowest BCUT2D eigenvalue weighted by Crippen LogP contribution is -2.44. The Bertz CT molecular complexity index is 1270. The second-order valence-corrected chi connectivity index (χ2v) is 10.0. The third-order valence-corrected chi connectivity index (χ3v) is 7.61. The normalized spacial score (nSPS) is 17.2. The van der Waals surface area contributed by atoms with E-state index in [1.807, 2.05) is 85.5 Å². The average Bonchev–Trinajstić information content (AvgIpc) is 3.00. The molecule has 0 N–H and O–H groups in total. The Morgan fingerprint density at radius 2 is 1.62 bits per heavy atom. The van der Waals surface area contributed by atoms with E-state index in [2.05, 4.69) is 6.07 Å². The Labute approximate surface area is 230 Å². The van der Waals surface area contributed by atoms with Crippen LogP contribution in [-0.2, 0) is 22.7 Å². The fraction of sp³-hybridized carbons (Fsp3) is 0.375. The number of nitrogens with zero attached hydrogens (tertiary/aromatic N) is 2. The maximum atomic E-state index is 12.6. The lowest BCUT2D eigenvalue weighted by Gasteiger charge is -2.37. The highest BCUT2D eigenvalue weighted by Crippen LogP contribution is 2.35. The molecule has 3 aromatic rings. The van der Waals surface area contributed by atoms with Gasteiger partial charge in [0, 0.05) is 43.2 Å². The first kappa shape index (κ1) is 26.8. The molecule has 2 aliphatic heterocycles. The van der Waals surface area contributed by atoms with Gasteiger partial charge in [-0.25, -0.2) is 4.79 Å². The predicted octanol–water partition coefficient (Wildman–Crippen LogP) is 6.12. The summed E-state index contributed by atoms with van der Waals surface area (Å²) in [6.45, 7) is 7.39. The third kappa shape index (κ3) is 6.25. The van der Waals surface area contributed by atoms with Crippen molar-refractivity contribution >= 4 is 12.0 Å². The Kier molecular flexibility index (Phi) is 8.47. The zero-order valence-corrected chi connectivity index (χ0v) is 22.7. The minimum absolute atomic E-state index is 0.0553. The van der Waals surface area contributed by atoms with Crippen molar-refractivity contribution in [1.29, 1.82) is 0 Å². The Hall–Kier alpha value is -3.84. The first-order chi connectivity index (χ1) is 19.1. The van der Waals surface area contributed by atoms with Gasteiger partial charge >= 0.3 is 6.09 Å². The molecule has 204 valence electrons. The number of piperidine rings is 1. The van der Waals surface area contributed by atoms with Crippen molar-refractivity contribution in [3.63, 3.8) is 0 Å². The molecule has 1 saturated heterocycles. The minimum atomic E-state index is -0.323. The van der Waals surface area contributed by atoms with Crippen LogP contribution in [0.4, 0.5) is 4.79 Å². The van der Waals surface area contributed by atoms with Crippen molar-refractivity contribution in [3.8, 4) is 16.9 Å². The van der Waals surface area contributed by atoms with E-state index < -0.39 is 0 Å². The van der Waals surface area contributed by atoms with E-state index in [0.717, 1.165) is 40.8 Å². The average molecular weight is 529 g/mol. The maximum absolute atomic E-state index is 12.6. The minimum Gasteiger partial charge on any atom is -0.464 e. The van der Waals surface area contributed by atoms with Crippen LogP contribution in [0.2, 0.25) is 0 Å². The summed E-state index contributed by atoms with van der Waals surface area (Å²) in [6, 6.07) is 23.6. The fourth-order valence-corrected chi connectivity index (χ4v) is 5.21. The van der Waals surface area contributed by atoms with Crippen LogP contribution >= 0.6 is 0 Å². The number of amides is 2. The molecule has 1 atom stereocenters. The summed E-state index contributed by atoms with van der Waals surface area (Å²) in [6.07, 6.45) is 1.01. The lowest BCUT2D eigenvalue weighted by atomic mass is 9.95. The smallest absolute Gasteiger partial charge is 0.410 e. The van der Waals surface area contributed by atoms with Gasteiger partial charge in [0.25, 0.3) is 5.91 Å². The quantitative estimate of drug-likeness (QED) is 0.370. The molecule has 0 bridgehead atoms. The molecule has 3 aromatic carbocycles. The molecule has 0 saturated carbocycles. The number of ether oxygens (including phenoxy) is 3. The van der Waals surface area contributed by atoms with Crippen LogP contribution in [0.1, 0.15) is 48.2 Å². The molecule has 39 heavy (non-hydrogen) atoms. The number of carbonyl (C=O) groups is 2. The summed E-state index contributed by atoms with van der Waals surface area (Å²) in [5.74, 6) is 1.11. The molecular weight excluding hydrogens is 492 g/mol. The maximum Gasteiger partial charge on any atom is 0.410 e. The summed E-state index contributed by atoms with van der Waals surface area (Å²) < 4.78 is 17.9. The monoisotopic (exact) mass is 528 g/mol. The summed E-state index contributed by atoms with van der Waals surface area (Å²) in [5, 5.41) is 0. The van der Waals surface area contributed by atoms with Crippen LogP contribution in [0.3, 0.4) is 0 Å². The number of hydrogen-bond acceptors (Lipinski definition) is 5. The van der Waals surface area contributed by atoms with E-state index in [1.165, 1.54) is 0 Å². The van der Waals surface area contributed by atoms with Crippen molar-refractivity contribution in [2.75, 3.05) is 26.2 Å². The van der Waals surface area contributed by atoms with Gasteiger partial charge in [-0.15, -0.1) is 0 Å². The van der Waals surface area contributed by atoms with Gasteiger partial charge in [0.1, 0.15) is 12.4 Å². The van der Waals surface area contributed by atoms with Crippen molar-refractivity contribution in [2.45, 2.75) is 46.2 Å². The van der Waals surface area contributed by atoms with Gasteiger partial charge in [-0.1, -0.05) is 48.5 Å². The van der Waals surface area contributed by atoms with E-state index in [1.54, 1.807) is 4.90 Å². The van der Waals surface area contributed by atoms with Gasteiger partial charge in [-0.05, 0) is 67.6 Å². The Morgan fingerprint density at radius 3 is 2.31 bits per heavy atom. The molecule has 7 heteroatoms. The summed E-state index contributed by atoms with van der Waals surface area (Å²) >= 11 is 0. The molecule has 0 radical (unpaired) electrons. The van der Waals surface area contributed by atoms with E-state index in [0.29, 0.717) is 38.3 Å².